The van der Waals surface area contributed by atoms with Crippen LogP contribution in [-0.2, 0) is 20.1 Å². The molecule has 0 aliphatic heterocycles. The first-order valence-corrected chi connectivity index (χ1v) is 6.15. The van der Waals surface area contributed by atoms with Crippen LogP contribution in [-0.4, -0.2) is 24.1 Å². The summed E-state index contributed by atoms with van der Waals surface area (Å²) in [5, 5.41) is 13.2. The fraction of sp³-hybridized carbons (Fsp3) is 0.300. The quantitative estimate of drug-likeness (QED) is 0.742. The third-order valence-electron chi connectivity index (χ3n) is 2.54. The Morgan fingerprint density at radius 3 is 3.12 bits per heavy atom. The zero-order valence-corrected chi connectivity index (χ0v) is 10.2. The van der Waals surface area contributed by atoms with Crippen LogP contribution in [0.3, 0.4) is 0 Å². The molecule has 0 bridgehead atoms. The van der Waals surface area contributed by atoms with Gasteiger partial charge in [-0.3, -0.25) is 4.40 Å². The van der Waals surface area contributed by atoms with Gasteiger partial charge in [-0.15, -0.1) is 21.5 Å². The second-order valence-corrected chi connectivity index (χ2v) is 4.66. The van der Waals surface area contributed by atoms with Crippen LogP contribution in [0.2, 0.25) is 0 Å². The van der Waals surface area contributed by atoms with Gasteiger partial charge in [0.25, 0.3) is 0 Å². The second kappa shape index (κ2) is 4.27. The topological polar surface area (TPSA) is 60.0 Å². The molecule has 0 fully saturated rings. The lowest BCUT2D eigenvalue weighted by Crippen LogP contribution is -2.15. The summed E-state index contributed by atoms with van der Waals surface area (Å²) in [6.45, 7) is 1.43. The third kappa shape index (κ3) is 2.06. The van der Waals surface area contributed by atoms with Crippen molar-refractivity contribution in [3.63, 3.8) is 0 Å². The van der Waals surface area contributed by atoms with Crippen molar-refractivity contribution in [2.45, 2.75) is 13.1 Å². The summed E-state index contributed by atoms with van der Waals surface area (Å²) in [6, 6.07) is 0. The maximum absolute atomic E-state index is 4.49. The fourth-order valence-electron chi connectivity index (χ4n) is 1.63. The molecule has 0 radical (unpaired) electrons. The molecular weight excluding hydrogens is 236 g/mol. The highest BCUT2D eigenvalue weighted by molar-refractivity contribution is 7.15. The molecule has 3 heterocycles. The molecule has 0 saturated carbocycles. The van der Waals surface area contributed by atoms with Crippen molar-refractivity contribution in [2.24, 2.45) is 7.05 Å². The molecule has 0 atom stereocenters. The van der Waals surface area contributed by atoms with Gasteiger partial charge in [0.05, 0.1) is 12.2 Å². The number of hydrogen-bond donors (Lipinski definition) is 1. The average molecular weight is 248 g/mol. The number of rotatable bonds is 4. The molecule has 0 spiro atoms. The minimum atomic E-state index is 0.696. The Balaban J connectivity index is 1.61. The van der Waals surface area contributed by atoms with Crippen molar-refractivity contribution < 1.29 is 0 Å². The molecule has 0 aliphatic carbocycles. The Labute approximate surface area is 102 Å². The fourth-order valence-corrected chi connectivity index (χ4v) is 2.35. The summed E-state index contributed by atoms with van der Waals surface area (Å²) >= 11 is 1.64. The average Bonchev–Trinajstić information content (AvgIpc) is 2.95. The van der Waals surface area contributed by atoms with Crippen molar-refractivity contribution in [3.05, 3.63) is 35.6 Å². The van der Waals surface area contributed by atoms with Gasteiger partial charge >= 0.3 is 0 Å². The lowest BCUT2D eigenvalue weighted by Gasteiger charge is -2.01. The van der Waals surface area contributed by atoms with Crippen LogP contribution in [0, 0.1) is 0 Å². The van der Waals surface area contributed by atoms with E-state index in [9.17, 15) is 0 Å². The van der Waals surface area contributed by atoms with E-state index in [1.807, 2.05) is 33.8 Å². The van der Waals surface area contributed by atoms with Crippen LogP contribution >= 0.6 is 11.3 Å². The van der Waals surface area contributed by atoms with Crippen LogP contribution in [0.4, 0.5) is 0 Å². The van der Waals surface area contributed by atoms with E-state index in [4.69, 9.17) is 0 Å². The lowest BCUT2D eigenvalue weighted by atomic mass is 10.4. The van der Waals surface area contributed by atoms with Gasteiger partial charge in [-0.05, 0) is 0 Å². The summed E-state index contributed by atoms with van der Waals surface area (Å²) in [5.41, 5.74) is 1.04. The molecule has 3 aromatic rings. The summed E-state index contributed by atoms with van der Waals surface area (Å²) in [4.78, 5) is 5.52. The predicted octanol–water partition coefficient (Wildman–Crippen LogP) is 0.814. The molecule has 0 saturated heterocycles. The smallest absolute Gasteiger partial charge is 0.193 e. The summed E-state index contributed by atoms with van der Waals surface area (Å²) in [7, 11) is 1.93. The Morgan fingerprint density at radius 1 is 1.41 bits per heavy atom. The zero-order valence-electron chi connectivity index (χ0n) is 9.37. The van der Waals surface area contributed by atoms with Gasteiger partial charge in [-0.2, -0.15) is 0 Å². The Hall–Kier alpha value is -1.73. The number of nitrogens with one attached hydrogen (secondary N) is 1. The van der Waals surface area contributed by atoms with Gasteiger partial charge in [-0.25, -0.2) is 4.98 Å². The molecule has 0 aromatic carbocycles. The first kappa shape index (κ1) is 10.4. The molecule has 0 unspecified atom stereocenters. The Bertz CT molecular complexity index is 593. The van der Waals surface area contributed by atoms with E-state index in [0.29, 0.717) is 6.54 Å². The molecule has 6 nitrogen and oxygen atoms in total. The first-order chi connectivity index (χ1) is 8.33. The number of aryl methyl sites for hydroxylation is 1. The number of hydrogen-bond acceptors (Lipinski definition) is 5. The number of fused-ring (bicyclic) bond motifs is 1. The Kier molecular flexibility index (Phi) is 2.62. The highest BCUT2D eigenvalue weighted by Gasteiger charge is 2.03. The van der Waals surface area contributed by atoms with Crippen LogP contribution in [0.25, 0.3) is 4.96 Å². The molecular formula is C10H12N6S. The van der Waals surface area contributed by atoms with Crippen molar-refractivity contribution in [1.29, 1.82) is 0 Å². The number of aromatic nitrogens is 5. The van der Waals surface area contributed by atoms with E-state index in [1.165, 1.54) is 0 Å². The molecule has 3 rings (SSSR count). The summed E-state index contributed by atoms with van der Waals surface area (Å²) in [5.74, 6) is 0.922. The van der Waals surface area contributed by atoms with Crippen molar-refractivity contribution in [1.82, 2.24) is 29.5 Å². The van der Waals surface area contributed by atoms with Crippen molar-refractivity contribution in [3.8, 4) is 0 Å². The van der Waals surface area contributed by atoms with E-state index >= 15 is 0 Å². The maximum Gasteiger partial charge on any atom is 0.193 e. The van der Waals surface area contributed by atoms with E-state index in [0.717, 1.165) is 23.0 Å². The summed E-state index contributed by atoms with van der Waals surface area (Å²) < 4.78 is 3.93. The van der Waals surface area contributed by atoms with Crippen molar-refractivity contribution in [2.75, 3.05) is 0 Å². The molecule has 1 N–H and O–H groups in total. The predicted molar refractivity (Wildman–Crippen MR) is 64.6 cm³/mol. The number of thiazole rings is 1. The molecule has 88 valence electrons. The van der Waals surface area contributed by atoms with Gasteiger partial charge in [0.2, 0.25) is 0 Å². The normalized spacial score (nSPS) is 11.4. The lowest BCUT2D eigenvalue weighted by molar-refractivity contribution is 0.631. The van der Waals surface area contributed by atoms with E-state index < -0.39 is 0 Å². The first-order valence-electron chi connectivity index (χ1n) is 5.27. The Morgan fingerprint density at radius 2 is 2.35 bits per heavy atom. The van der Waals surface area contributed by atoms with Gasteiger partial charge in [0.15, 0.2) is 4.96 Å². The van der Waals surface area contributed by atoms with Gasteiger partial charge in [-0.1, -0.05) is 0 Å². The largest absolute Gasteiger partial charge is 0.320 e. The maximum atomic E-state index is 4.49. The summed E-state index contributed by atoms with van der Waals surface area (Å²) in [6.07, 6.45) is 5.75. The minimum absolute atomic E-state index is 0.696. The van der Waals surface area contributed by atoms with E-state index in [1.54, 1.807) is 17.7 Å². The highest BCUT2D eigenvalue weighted by atomic mass is 32.1. The van der Waals surface area contributed by atoms with E-state index in [2.05, 4.69) is 20.5 Å². The zero-order chi connectivity index (χ0) is 11.7. The van der Waals surface area contributed by atoms with Crippen LogP contribution < -0.4 is 5.32 Å². The van der Waals surface area contributed by atoms with Crippen LogP contribution in [0.5, 0.6) is 0 Å². The molecule has 0 aliphatic rings. The SMILES string of the molecule is Cn1cnnc1CNCc1cn2ccsc2n1. The second-order valence-electron chi connectivity index (χ2n) is 3.79. The number of nitrogens with zero attached hydrogens (tertiary/aromatic N) is 5. The van der Waals surface area contributed by atoms with Crippen molar-refractivity contribution >= 4 is 16.3 Å². The molecule has 0 amide bonds. The minimum Gasteiger partial charge on any atom is -0.320 e. The highest BCUT2D eigenvalue weighted by Crippen LogP contribution is 2.11. The van der Waals surface area contributed by atoms with Gasteiger partial charge in [0, 0.05) is 31.4 Å². The van der Waals surface area contributed by atoms with E-state index in [-0.39, 0.29) is 0 Å². The third-order valence-corrected chi connectivity index (χ3v) is 3.31. The molecule has 7 heteroatoms. The number of imidazole rings is 1. The standard InChI is InChI=1S/C10H12N6S/c1-15-7-12-14-9(15)5-11-4-8-6-16-2-3-17-10(16)13-8/h2-3,6-7,11H,4-5H2,1H3. The van der Waals surface area contributed by atoms with Gasteiger partial charge in [0.1, 0.15) is 12.2 Å². The van der Waals surface area contributed by atoms with Crippen LogP contribution in [0.1, 0.15) is 11.5 Å². The van der Waals surface area contributed by atoms with Gasteiger partial charge < -0.3 is 9.88 Å². The van der Waals surface area contributed by atoms with Crippen LogP contribution in [0.15, 0.2) is 24.1 Å². The monoisotopic (exact) mass is 248 g/mol. The molecule has 17 heavy (non-hydrogen) atoms. The molecule has 3 aromatic heterocycles.